The highest BCUT2D eigenvalue weighted by atomic mass is 32.1. The Bertz CT molecular complexity index is 393. The molecule has 0 saturated heterocycles. The third-order valence-electron chi connectivity index (χ3n) is 1.97. The molecule has 0 atom stereocenters. The third-order valence-corrected chi connectivity index (χ3v) is 3.48. The van der Waals surface area contributed by atoms with Gasteiger partial charge < -0.3 is 0 Å². The minimum absolute atomic E-state index is 0.226. The number of rotatable bonds is 0. The predicted molar refractivity (Wildman–Crippen MR) is 56.1 cm³/mol. The first-order valence-corrected chi connectivity index (χ1v) is 5.10. The summed E-state index contributed by atoms with van der Waals surface area (Å²) in [6, 6.07) is 2.20. The summed E-state index contributed by atoms with van der Waals surface area (Å²) in [7, 11) is 0. The first kappa shape index (κ1) is 8.63. The summed E-state index contributed by atoms with van der Waals surface area (Å²) in [5.74, 6) is 0. The van der Waals surface area contributed by atoms with E-state index in [9.17, 15) is 0 Å². The van der Waals surface area contributed by atoms with Gasteiger partial charge in [0.1, 0.15) is 0 Å². The van der Waals surface area contributed by atoms with Gasteiger partial charge in [0.15, 0.2) is 0 Å². The van der Waals surface area contributed by atoms with Crippen LogP contribution in [0.5, 0.6) is 0 Å². The quantitative estimate of drug-likeness (QED) is 0.641. The molecule has 0 aliphatic carbocycles. The molecule has 68 valence electrons. The topological polar surface area (TPSA) is 25.8 Å². The summed E-state index contributed by atoms with van der Waals surface area (Å²) >= 11 is 1.80. The van der Waals surface area contributed by atoms with Gasteiger partial charge in [-0.05, 0) is 11.5 Å². The summed E-state index contributed by atoms with van der Waals surface area (Å²) in [5.41, 5.74) is 0.226. The molecule has 0 saturated carbocycles. The molecule has 0 bridgehead atoms. The van der Waals surface area contributed by atoms with E-state index in [2.05, 4.69) is 37.0 Å². The van der Waals surface area contributed by atoms with Crippen LogP contribution in [0.1, 0.15) is 25.6 Å². The van der Waals surface area contributed by atoms with Crippen LogP contribution in [0.15, 0.2) is 18.5 Å². The number of nitrogens with zero attached hydrogens (tertiary/aromatic N) is 2. The number of hydrogen-bond acceptors (Lipinski definition) is 3. The molecule has 2 rings (SSSR count). The highest BCUT2D eigenvalue weighted by Crippen LogP contribution is 2.33. The normalized spacial score (nSPS) is 12.2. The van der Waals surface area contributed by atoms with Crippen LogP contribution in [0.4, 0.5) is 0 Å². The minimum atomic E-state index is 0.226. The van der Waals surface area contributed by atoms with Crippen molar-refractivity contribution in [2.24, 2.45) is 0 Å². The predicted octanol–water partition coefficient (Wildman–Crippen LogP) is 2.99. The van der Waals surface area contributed by atoms with Crippen LogP contribution in [0.2, 0.25) is 0 Å². The Balaban J connectivity index is 2.63. The molecule has 13 heavy (non-hydrogen) atoms. The van der Waals surface area contributed by atoms with Crippen LogP contribution in [-0.2, 0) is 5.41 Å². The third kappa shape index (κ3) is 1.56. The van der Waals surface area contributed by atoms with Gasteiger partial charge in [-0.15, -0.1) is 11.3 Å². The maximum Gasteiger partial charge on any atom is 0.0674 e. The summed E-state index contributed by atoms with van der Waals surface area (Å²) in [4.78, 5) is 1.39. The fourth-order valence-electron chi connectivity index (χ4n) is 1.17. The fourth-order valence-corrected chi connectivity index (χ4v) is 2.23. The van der Waals surface area contributed by atoms with Gasteiger partial charge in [0.25, 0.3) is 0 Å². The van der Waals surface area contributed by atoms with Crippen molar-refractivity contribution < 1.29 is 0 Å². The van der Waals surface area contributed by atoms with E-state index in [1.54, 1.807) is 11.3 Å². The molecule has 0 fully saturated rings. The van der Waals surface area contributed by atoms with Crippen LogP contribution in [0.25, 0.3) is 10.1 Å². The molecule has 0 aromatic carbocycles. The van der Waals surface area contributed by atoms with E-state index in [0.717, 1.165) is 0 Å². The molecule has 0 unspecified atom stereocenters. The second-order valence-electron chi connectivity index (χ2n) is 4.17. The standard InChI is InChI=1S/C10H12N2S/c1-10(2,3)9-4-7-5-11-12-6-8(7)13-9/h4-6H,1-3H3. The van der Waals surface area contributed by atoms with Crippen molar-refractivity contribution >= 4 is 21.4 Å². The van der Waals surface area contributed by atoms with Gasteiger partial charge in [-0.25, -0.2) is 0 Å². The largest absolute Gasteiger partial charge is 0.158 e. The molecule has 2 aromatic heterocycles. The Morgan fingerprint density at radius 3 is 2.46 bits per heavy atom. The zero-order valence-corrected chi connectivity index (χ0v) is 8.85. The molecule has 3 heteroatoms. The van der Waals surface area contributed by atoms with Crippen molar-refractivity contribution in [3.8, 4) is 0 Å². The lowest BCUT2D eigenvalue weighted by Gasteiger charge is -2.14. The molecule has 0 aliphatic rings. The van der Waals surface area contributed by atoms with Crippen molar-refractivity contribution in [2.45, 2.75) is 26.2 Å². The maximum atomic E-state index is 3.87. The van der Waals surface area contributed by atoms with Gasteiger partial charge in [0.05, 0.1) is 17.1 Å². The number of aromatic nitrogens is 2. The molecule has 0 N–H and O–H groups in total. The van der Waals surface area contributed by atoms with Crippen LogP contribution in [-0.4, -0.2) is 10.2 Å². The van der Waals surface area contributed by atoms with Gasteiger partial charge in [0.2, 0.25) is 0 Å². The Hall–Kier alpha value is -0.960. The van der Waals surface area contributed by atoms with Crippen molar-refractivity contribution in [1.82, 2.24) is 10.2 Å². The summed E-state index contributed by atoms with van der Waals surface area (Å²) in [5, 5.41) is 8.93. The van der Waals surface area contributed by atoms with Gasteiger partial charge >= 0.3 is 0 Å². The lowest BCUT2D eigenvalue weighted by molar-refractivity contribution is 0.604. The second-order valence-corrected chi connectivity index (χ2v) is 5.25. The van der Waals surface area contributed by atoms with E-state index < -0.39 is 0 Å². The first-order chi connectivity index (χ1) is 6.07. The van der Waals surface area contributed by atoms with Crippen molar-refractivity contribution in [2.75, 3.05) is 0 Å². The zero-order chi connectivity index (χ0) is 9.47. The molecule has 0 amide bonds. The molecule has 0 aliphatic heterocycles. The number of thiophene rings is 1. The lowest BCUT2D eigenvalue weighted by Crippen LogP contribution is -2.07. The van der Waals surface area contributed by atoms with Crippen molar-refractivity contribution in [3.63, 3.8) is 0 Å². The zero-order valence-electron chi connectivity index (χ0n) is 8.03. The van der Waals surface area contributed by atoms with Crippen molar-refractivity contribution in [1.29, 1.82) is 0 Å². The highest BCUT2D eigenvalue weighted by molar-refractivity contribution is 7.19. The highest BCUT2D eigenvalue weighted by Gasteiger charge is 2.16. The fraction of sp³-hybridized carbons (Fsp3) is 0.400. The Morgan fingerprint density at radius 1 is 1.15 bits per heavy atom. The van der Waals surface area contributed by atoms with Gasteiger partial charge in [-0.1, -0.05) is 20.8 Å². The molecule has 2 heterocycles. The van der Waals surface area contributed by atoms with E-state index in [4.69, 9.17) is 0 Å². The average Bonchev–Trinajstić information content (AvgIpc) is 2.45. The van der Waals surface area contributed by atoms with E-state index in [1.165, 1.54) is 15.0 Å². The Labute approximate surface area is 81.6 Å². The van der Waals surface area contributed by atoms with E-state index in [1.807, 2.05) is 12.4 Å². The maximum absolute atomic E-state index is 3.87. The summed E-state index contributed by atoms with van der Waals surface area (Å²) in [6.45, 7) is 6.66. The summed E-state index contributed by atoms with van der Waals surface area (Å²) in [6.07, 6.45) is 3.65. The average molecular weight is 192 g/mol. The van der Waals surface area contributed by atoms with Crippen molar-refractivity contribution in [3.05, 3.63) is 23.3 Å². The van der Waals surface area contributed by atoms with Crippen LogP contribution >= 0.6 is 11.3 Å². The lowest BCUT2D eigenvalue weighted by atomic mass is 9.94. The SMILES string of the molecule is CC(C)(C)c1cc2cnncc2s1. The molecule has 2 aromatic rings. The van der Waals surface area contributed by atoms with E-state index in [0.29, 0.717) is 0 Å². The Morgan fingerprint density at radius 2 is 1.85 bits per heavy atom. The molecular weight excluding hydrogens is 180 g/mol. The molecule has 0 radical (unpaired) electrons. The Kier molecular flexibility index (Phi) is 1.84. The van der Waals surface area contributed by atoms with Crippen LogP contribution in [0.3, 0.4) is 0 Å². The van der Waals surface area contributed by atoms with E-state index >= 15 is 0 Å². The second kappa shape index (κ2) is 2.77. The molecule has 2 nitrogen and oxygen atoms in total. The van der Waals surface area contributed by atoms with Gasteiger partial charge in [-0.2, -0.15) is 10.2 Å². The smallest absolute Gasteiger partial charge is 0.0674 e. The minimum Gasteiger partial charge on any atom is -0.158 e. The monoisotopic (exact) mass is 192 g/mol. The molecule has 0 spiro atoms. The first-order valence-electron chi connectivity index (χ1n) is 4.28. The van der Waals surface area contributed by atoms with Gasteiger partial charge in [-0.3, -0.25) is 0 Å². The van der Waals surface area contributed by atoms with Crippen LogP contribution < -0.4 is 0 Å². The summed E-state index contributed by atoms with van der Waals surface area (Å²) < 4.78 is 1.22. The van der Waals surface area contributed by atoms with Crippen LogP contribution in [0, 0.1) is 0 Å². The van der Waals surface area contributed by atoms with E-state index in [-0.39, 0.29) is 5.41 Å². The number of fused-ring (bicyclic) bond motifs is 1. The van der Waals surface area contributed by atoms with Gasteiger partial charge in [0, 0.05) is 10.3 Å². The number of hydrogen-bond donors (Lipinski definition) is 0. The molecular formula is C10H12N2S.